The predicted octanol–water partition coefficient (Wildman–Crippen LogP) is 6.61. The normalized spacial score (nSPS) is 14.1. The van der Waals surface area contributed by atoms with E-state index in [4.69, 9.17) is 14.2 Å². The molecule has 3 aromatic rings. The fraction of sp³-hybridized carbons (Fsp3) is 0.172. The highest BCUT2D eigenvalue weighted by molar-refractivity contribution is 9.10. The molecule has 1 fully saturated rings. The molecule has 0 unspecified atom stereocenters. The van der Waals surface area contributed by atoms with Crippen LogP contribution < -0.4 is 19.5 Å². The van der Waals surface area contributed by atoms with Gasteiger partial charge in [-0.25, -0.2) is 0 Å². The fourth-order valence-electron chi connectivity index (χ4n) is 3.94. The van der Waals surface area contributed by atoms with Crippen molar-refractivity contribution < 1.29 is 41.8 Å². The molecule has 0 bridgehead atoms. The van der Waals surface area contributed by atoms with E-state index in [2.05, 4.69) is 27.3 Å². The number of thioether (sulfide) groups is 1. The van der Waals surface area contributed by atoms with Crippen LogP contribution in [0.2, 0.25) is 0 Å². The molecule has 4 rings (SSSR count). The molecule has 0 saturated carbocycles. The summed E-state index contributed by atoms with van der Waals surface area (Å²) in [4.78, 5) is 39.0. The number of hydrogen-bond donors (Lipinski definition) is 1. The van der Waals surface area contributed by atoms with E-state index in [1.54, 1.807) is 36.4 Å². The number of amides is 3. The Morgan fingerprint density at radius 1 is 1.07 bits per heavy atom. The molecule has 9 nitrogen and oxygen atoms in total. The predicted molar refractivity (Wildman–Crippen MR) is 155 cm³/mol. The molecule has 3 aromatic carbocycles. The molecule has 1 aliphatic heterocycles. The number of alkyl halides is 3. The third-order valence-corrected chi connectivity index (χ3v) is 7.66. The van der Waals surface area contributed by atoms with Crippen molar-refractivity contribution in [2.45, 2.75) is 12.8 Å². The molecule has 0 spiro atoms. The number of benzene rings is 3. The summed E-state index contributed by atoms with van der Waals surface area (Å²) in [6.07, 6.45) is -3.23. The van der Waals surface area contributed by atoms with Crippen LogP contribution in [0, 0.1) is 11.3 Å². The Bertz CT molecular complexity index is 1670. The summed E-state index contributed by atoms with van der Waals surface area (Å²) in [6, 6.07) is 14.8. The van der Waals surface area contributed by atoms with Gasteiger partial charge in [-0.05, 0) is 59.8 Å². The van der Waals surface area contributed by atoms with Crippen molar-refractivity contribution in [2.75, 3.05) is 26.1 Å². The third kappa shape index (κ3) is 7.30. The number of rotatable bonds is 9. The lowest BCUT2D eigenvalue weighted by molar-refractivity contribution is -0.137. The Morgan fingerprint density at radius 2 is 1.79 bits per heavy atom. The number of nitriles is 1. The summed E-state index contributed by atoms with van der Waals surface area (Å²) < 4.78 is 56.2. The van der Waals surface area contributed by atoms with E-state index in [0.717, 1.165) is 12.1 Å². The molecular formula is C29H21BrF3N3O6S. The Balaban J connectivity index is 1.49. The van der Waals surface area contributed by atoms with Crippen molar-refractivity contribution >= 4 is 56.5 Å². The first-order chi connectivity index (χ1) is 20.4. The van der Waals surface area contributed by atoms with E-state index in [9.17, 15) is 32.8 Å². The monoisotopic (exact) mass is 675 g/mol. The van der Waals surface area contributed by atoms with E-state index < -0.39 is 35.3 Å². The number of ether oxygens (including phenoxy) is 3. The van der Waals surface area contributed by atoms with Crippen LogP contribution in [-0.4, -0.2) is 42.7 Å². The number of carbonyl (C=O) groups excluding carboxylic acids is 3. The maximum Gasteiger partial charge on any atom is 0.416 e. The fourth-order valence-corrected chi connectivity index (χ4v) is 5.20. The molecule has 0 aromatic heterocycles. The Labute approximate surface area is 256 Å². The van der Waals surface area contributed by atoms with Crippen molar-refractivity contribution in [2.24, 2.45) is 0 Å². The average Bonchev–Trinajstić information content (AvgIpc) is 3.23. The van der Waals surface area contributed by atoms with E-state index in [1.165, 1.54) is 20.3 Å². The summed E-state index contributed by atoms with van der Waals surface area (Å²) in [6.45, 7) is -0.637. The lowest BCUT2D eigenvalue weighted by Crippen LogP contribution is -2.36. The van der Waals surface area contributed by atoms with Gasteiger partial charge in [0, 0.05) is 10.0 Å². The average molecular weight is 676 g/mol. The van der Waals surface area contributed by atoms with E-state index in [0.29, 0.717) is 55.4 Å². The Hall–Kier alpha value is -4.48. The molecule has 0 atom stereocenters. The third-order valence-electron chi connectivity index (χ3n) is 6.07. The summed E-state index contributed by atoms with van der Waals surface area (Å²) in [7, 11) is 2.65. The van der Waals surface area contributed by atoms with Gasteiger partial charge >= 0.3 is 6.18 Å². The first-order valence-corrected chi connectivity index (χ1v) is 13.8. The van der Waals surface area contributed by atoms with Crippen molar-refractivity contribution in [3.05, 3.63) is 86.2 Å². The maximum atomic E-state index is 13.1. The Morgan fingerprint density at radius 3 is 2.47 bits per heavy atom. The molecule has 1 heterocycles. The van der Waals surface area contributed by atoms with Gasteiger partial charge in [-0.3, -0.25) is 19.3 Å². The van der Waals surface area contributed by atoms with Crippen LogP contribution in [0.1, 0.15) is 22.3 Å². The van der Waals surface area contributed by atoms with Gasteiger partial charge in [-0.15, -0.1) is 0 Å². The highest BCUT2D eigenvalue weighted by Gasteiger charge is 2.37. The van der Waals surface area contributed by atoms with Crippen LogP contribution in [0.25, 0.3) is 6.08 Å². The number of methoxy groups -OCH3 is 2. The van der Waals surface area contributed by atoms with Crippen LogP contribution in [0.4, 0.5) is 23.7 Å². The maximum absolute atomic E-state index is 13.1. The first-order valence-electron chi connectivity index (χ1n) is 12.2. The molecule has 3 amide bonds. The first kappa shape index (κ1) is 31.5. The number of anilines is 1. The van der Waals surface area contributed by atoms with Crippen molar-refractivity contribution in [1.82, 2.24) is 4.90 Å². The summed E-state index contributed by atoms with van der Waals surface area (Å²) in [5.41, 5.74) is 0.332. The molecule has 1 saturated heterocycles. The van der Waals surface area contributed by atoms with Gasteiger partial charge in [0.15, 0.2) is 11.5 Å². The van der Waals surface area contributed by atoms with Crippen molar-refractivity contribution in [3.8, 4) is 23.3 Å². The summed E-state index contributed by atoms with van der Waals surface area (Å²) >= 11 is 4.02. The van der Waals surface area contributed by atoms with Gasteiger partial charge in [0.1, 0.15) is 18.9 Å². The topological polar surface area (TPSA) is 118 Å². The largest absolute Gasteiger partial charge is 0.495 e. The second-order valence-electron chi connectivity index (χ2n) is 8.81. The van der Waals surface area contributed by atoms with Crippen LogP contribution >= 0.6 is 27.7 Å². The number of hydrogen-bond acceptors (Lipinski definition) is 8. The van der Waals surface area contributed by atoms with Gasteiger partial charge < -0.3 is 19.5 Å². The lowest BCUT2D eigenvalue weighted by Gasteiger charge is -2.16. The van der Waals surface area contributed by atoms with Crippen LogP contribution in [0.15, 0.2) is 64.0 Å². The van der Waals surface area contributed by atoms with E-state index >= 15 is 0 Å². The van der Waals surface area contributed by atoms with Crippen molar-refractivity contribution in [1.29, 1.82) is 5.26 Å². The smallest absolute Gasteiger partial charge is 0.416 e. The molecule has 14 heteroatoms. The second-order valence-corrected chi connectivity index (χ2v) is 10.7. The highest BCUT2D eigenvalue weighted by Crippen LogP contribution is 2.39. The zero-order chi connectivity index (χ0) is 31.3. The van der Waals surface area contributed by atoms with E-state index in [-0.39, 0.29) is 22.9 Å². The molecular weight excluding hydrogens is 655 g/mol. The van der Waals surface area contributed by atoms with Crippen LogP contribution in [-0.2, 0) is 22.4 Å². The Kier molecular flexibility index (Phi) is 9.67. The van der Waals surface area contributed by atoms with Gasteiger partial charge in [0.05, 0.1) is 42.0 Å². The number of carbonyl (C=O) groups is 3. The highest BCUT2D eigenvalue weighted by atomic mass is 79.9. The quantitative estimate of drug-likeness (QED) is 0.252. The van der Waals surface area contributed by atoms with E-state index in [1.807, 2.05) is 0 Å². The van der Waals surface area contributed by atoms with Crippen LogP contribution in [0.5, 0.6) is 17.2 Å². The number of halogens is 4. The van der Waals surface area contributed by atoms with Crippen molar-refractivity contribution in [3.63, 3.8) is 0 Å². The van der Waals surface area contributed by atoms with Crippen LogP contribution in [0.3, 0.4) is 0 Å². The summed E-state index contributed by atoms with van der Waals surface area (Å²) in [5, 5.41) is 10.8. The molecule has 0 aliphatic carbocycles. The number of nitrogens with zero attached hydrogens (tertiary/aromatic N) is 2. The van der Waals surface area contributed by atoms with Gasteiger partial charge in [-0.2, -0.15) is 18.4 Å². The molecule has 1 aliphatic rings. The molecule has 43 heavy (non-hydrogen) atoms. The number of imide groups is 1. The SMILES string of the molecule is COc1ccc(C(F)(F)F)cc1NC(=O)CN1C(=O)S/C(=C\c2cc(OC)c(OCc3ccccc3C#N)cc2Br)C1=O. The molecule has 1 N–H and O–H groups in total. The number of nitrogens with one attached hydrogen (secondary N) is 1. The van der Waals surface area contributed by atoms with Gasteiger partial charge in [0.25, 0.3) is 11.1 Å². The second kappa shape index (κ2) is 13.2. The molecule has 0 radical (unpaired) electrons. The molecule has 222 valence electrons. The minimum atomic E-state index is -4.66. The lowest BCUT2D eigenvalue weighted by atomic mass is 10.1. The zero-order valence-electron chi connectivity index (χ0n) is 22.5. The van der Waals surface area contributed by atoms with Gasteiger partial charge in [0.2, 0.25) is 5.91 Å². The van der Waals surface area contributed by atoms with Gasteiger partial charge in [-0.1, -0.05) is 34.1 Å². The standard InChI is InChI=1S/C29H21BrF3N3O6S/c1-40-22-8-7-19(29(31,32)33)11-21(22)35-26(37)14-36-27(38)25(43-28(36)39)10-18-9-23(41-2)24(12-20(18)30)42-15-17-6-4-3-5-16(17)13-34/h3-12H,14-15H2,1-2H3,(H,35,37)/b25-10-. The minimum Gasteiger partial charge on any atom is -0.495 e. The summed E-state index contributed by atoms with van der Waals surface area (Å²) in [5.74, 6) is -1.02. The zero-order valence-corrected chi connectivity index (χ0v) is 24.9. The minimum absolute atomic E-state index is 0.00817.